The summed E-state index contributed by atoms with van der Waals surface area (Å²) in [5.41, 5.74) is 0.890. The molecule has 1 aromatic heterocycles. The fourth-order valence-corrected chi connectivity index (χ4v) is 2.35. The van der Waals surface area contributed by atoms with Crippen LogP contribution in [0.4, 0.5) is 0 Å². The van der Waals surface area contributed by atoms with E-state index in [-0.39, 0.29) is 18.2 Å². The number of carboxylic acid groups (broad SMARTS) is 1. The Morgan fingerprint density at radius 2 is 2.15 bits per heavy atom. The molecule has 1 N–H and O–H groups in total. The highest BCUT2D eigenvalue weighted by atomic mass is 16.4. The van der Waals surface area contributed by atoms with E-state index in [4.69, 9.17) is 5.11 Å². The number of rotatable bonds is 4. The average Bonchev–Trinajstić information content (AvgIpc) is 2.46. The van der Waals surface area contributed by atoms with Crippen molar-refractivity contribution < 1.29 is 14.7 Å². The molecule has 0 atom stereocenters. The first-order valence-electron chi connectivity index (χ1n) is 6.74. The molecule has 2 rings (SSSR count). The van der Waals surface area contributed by atoms with Crippen molar-refractivity contribution in [3.05, 3.63) is 36.2 Å². The van der Waals surface area contributed by atoms with E-state index in [0.717, 1.165) is 18.4 Å². The topological polar surface area (TPSA) is 70.5 Å². The molecule has 1 aliphatic heterocycles. The van der Waals surface area contributed by atoms with Crippen LogP contribution in [0.15, 0.2) is 30.6 Å². The highest BCUT2D eigenvalue weighted by Crippen LogP contribution is 2.20. The molecule has 0 radical (unpaired) electrons. The monoisotopic (exact) mass is 274 g/mol. The van der Waals surface area contributed by atoms with Crippen LogP contribution in [0, 0.1) is 5.92 Å². The van der Waals surface area contributed by atoms with Crippen LogP contribution in [-0.4, -0.2) is 40.0 Å². The molecule has 20 heavy (non-hydrogen) atoms. The second-order valence-electron chi connectivity index (χ2n) is 4.99. The first-order chi connectivity index (χ1) is 9.65. The molecule has 0 spiro atoms. The Hall–Kier alpha value is -2.17. The summed E-state index contributed by atoms with van der Waals surface area (Å²) in [6.07, 6.45) is 8.41. The van der Waals surface area contributed by atoms with E-state index in [2.05, 4.69) is 4.98 Å². The molecule has 106 valence electrons. The van der Waals surface area contributed by atoms with Crippen molar-refractivity contribution in [3.8, 4) is 0 Å². The summed E-state index contributed by atoms with van der Waals surface area (Å²) in [6.45, 7) is 1.27. The third-order valence-electron chi connectivity index (χ3n) is 3.49. The van der Waals surface area contributed by atoms with Gasteiger partial charge in [0.05, 0.1) is 0 Å². The number of nitrogens with zero attached hydrogens (tertiary/aromatic N) is 2. The first kappa shape index (κ1) is 14.2. The van der Waals surface area contributed by atoms with Gasteiger partial charge in [-0.25, -0.2) is 0 Å². The van der Waals surface area contributed by atoms with Crippen LogP contribution in [0.3, 0.4) is 0 Å². The fourth-order valence-electron chi connectivity index (χ4n) is 2.35. The Labute approximate surface area is 117 Å². The summed E-state index contributed by atoms with van der Waals surface area (Å²) in [4.78, 5) is 28.4. The predicted molar refractivity (Wildman–Crippen MR) is 74.8 cm³/mol. The van der Waals surface area contributed by atoms with Crippen LogP contribution in [0.25, 0.3) is 6.08 Å². The summed E-state index contributed by atoms with van der Waals surface area (Å²) < 4.78 is 0. The van der Waals surface area contributed by atoms with E-state index < -0.39 is 5.97 Å². The SMILES string of the molecule is O=C(O)CC1CCN(C(=O)C=Cc2cccnc2)CC1. The lowest BCUT2D eigenvalue weighted by molar-refractivity contribution is -0.138. The minimum Gasteiger partial charge on any atom is -0.481 e. The molecule has 0 aromatic carbocycles. The number of amides is 1. The number of pyridine rings is 1. The lowest BCUT2D eigenvalue weighted by atomic mass is 9.93. The number of carbonyl (C=O) groups excluding carboxylic acids is 1. The van der Waals surface area contributed by atoms with Gasteiger partial charge in [0, 0.05) is 38.0 Å². The molecule has 2 heterocycles. The maximum absolute atomic E-state index is 12.0. The molecule has 0 bridgehead atoms. The first-order valence-corrected chi connectivity index (χ1v) is 6.74. The summed E-state index contributed by atoms with van der Waals surface area (Å²) in [5, 5.41) is 8.75. The molecule has 0 saturated carbocycles. The summed E-state index contributed by atoms with van der Waals surface area (Å²) in [6, 6.07) is 3.71. The Kier molecular flexibility index (Phi) is 4.87. The molecule has 5 heteroatoms. The Morgan fingerprint density at radius 1 is 1.40 bits per heavy atom. The van der Waals surface area contributed by atoms with Gasteiger partial charge in [-0.15, -0.1) is 0 Å². The van der Waals surface area contributed by atoms with Crippen molar-refractivity contribution in [1.29, 1.82) is 0 Å². The van der Waals surface area contributed by atoms with E-state index >= 15 is 0 Å². The number of aromatic nitrogens is 1. The lowest BCUT2D eigenvalue weighted by Gasteiger charge is -2.30. The van der Waals surface area contributed by atoms with Gasteiger partial charge in [0.2, 0.25) is 5.91 Å². The largest absolute Gasteiger partial charge is 0.481 e. The van der Waals surface area contributed by atoms with Gasteiger partial charge < -0.3 is 10.0 Å². The highest BCUT2D eigenvalue weighted by molar-refractivity contribution is 5.91. The standard InChI is InChI=1S/C15H18N2O3/c18-14(4-3-13-2-1-7-16-11-13)17-8-5-12(6-9-17)10-15(19)20/h1-4,7,11-12H,5-6,8-10H2,(H,19,20). The zero-order chi connectivity index (χ0) is 14.4. The highest BCUT2D eigenvalue weighted by Gasteiger charge is 2.23. The van der Waals surface area contributed by atoms with Crippen molar-refractivity contribution in [2.45, 2.75) is 19.3 Å². The smallest absolute Gasteiger partial charge is 0.303 e. The van der Waals surface area contributed by atoms with E-state index in [9.17, 15) is 9.59 Å². The number of hydrogen-bond donors (Lipinski definition) is 1. The average molecular weight is 274 g/mol. The third-order valence-corrected chi connectivity index (χ3v) is 3.49. The molecular weight excluding hydrogens is 256 g/mol. The maximum atomic E-state index is 12.0. The van der Waals surface area contributed by atoms with Crippen LogP contribution in [0.2, 0.25) is 0 Å². The number of carbonyl (C=O) groups is 2. The van der Waals surface area contributed by atoms with Crippen molar-refractivity contribution in [3.63, 3.8) is 0 Å². The van der Waals surface area contributed by atoms with Crippen LogP contribution in [-0.2, 0) is 9.59 Å². The Morgan fingerprint density at radius 3 is 2.75 bits per heavy atom. The van der Waals surface area contributed by atoms with E-state index in [1.807, 2.05) is 12.1 Å². The van der Waals surface area contributed by atoms with E-state index in [0.29, 0.717) is 13.1 Å². The van der Waals surface area contributed by atoms with Gasteiger partial charge in [-0.3, -0.25) is 14.6 Å². The Bertz CT molecular complexity index is 491. The van der Waals surface area contributed by atoms with Crippen LogP contribution in [0.5, 0.6) is 0 Å². The summed E-state index contributed by atoms with van der Waals surface area (Å²) >= 11 is 0. The van der Waals surface area contributed by atoms with E-state index in [1.54, 1.807) is 29.4 Å². The van der Waals surface area contributed by atoms with Crippen molar-refractivity contribution in [1.82, 2.24) is 9.88 Å². The zero-order valence-electron chi connectivity index (χ0n) is 11.2. The van der Waals surface area contributed by atoms with Gasteiger partial charge in [0.25, 0.3) is 0 Å². The fraction of sp³-hybridized carbons (Fsp3) is 0.400. The minimum absolute atomic E-state index is 0.0253. The molecule has 1 amide bonds. The Balaban J connectivity index is 1.83. The lowest BCUT2D eigenvalue weighted by Crippen LogP contribution is -2.37. The van der Waals surface area contributed by atoms with Crippen molar-refractivity contribution in [2.75, 3.05) is 13.1 Å². The number of aliphatic carboxylic acids is 1. The normalized spacial score (nSPS) is 16.5. The van der Waals surface area contributed by atoms with Crippen LogP contribution < -0.4 is 0 Å². The van der Waals surface area contributed by atoms with Gasteiger partial charge in [-0.05, 0) is 36.5 Å². The molecule has 1 saturated heterocycles. The van der Waals surface area contributed by atoms with E-state index in [1.165, 1.54) is 0 Å². The van der Waals surface area contributed by atoms with Gasteiger partial charge in [-0.2, -0.15) is 0 Å². The van der Waals surface area contributed by atoms with Crippen LogP contribution >= 0.6 is 0 Å². The zero-order valence-corrected chi connectivity index (χ0v) is 11.2. The molecular formula is C15H18N2O3. The molecule has 0 aliphatic carbocycles. The number of piperidine rings is 1. The summed E-state index contributed by atoms with van der Waals surface area (Å²) in [7, 11) is 0. The van der Waals surface area contributed by atoms with Crippen molar-refractivity contribution in [2.24, 2.45) is 5.92 Å². The number of carboxylic acids is 1. The van der Waals surface area contributed by atoms with Crippen molar-refractivity contribution >= 4 is 18.0 Å². The molecule has 1 aromatic rings. The molecule has 1 fully saturated rings. The second kappa shape index (κ2) is 6.84. The van der Waals surface area contributed by atoms with Crippen LogP contribution in [0.1, 0.15) is 24.8 Å². The maximum Gasteiger partial charge on any atom is 0.303 e. The van der Waals surface area contributed by atoms with Gasteiger partial charge in [0.15, 0.2) is 0 Å². The summed E-state index contributed by atoms with van der Waals surface area (Å²) in [5.74, 6) is -0.590. The van der Waals surface area contributed by atoms with Gasteiger partial charge >= 0.3 is 5.97 Å². The predicted octanol–water partition coefficient (Wildman–Crippen LogP) is 1.81. The molecule has 5 nitrogen and oxygen atoms in total. The second-order valence-corrected chi connectivity index (χ2v) is 4.99. The number of likely N-dealkylation sites (tertiary alicyclic amines) is 1. The third kappa shape index (κ3) is 4.19. The minimum atomic E-state index is -0.758. The van der Waals surface area contributed by atoms with Gasteiger partial charge in [-0.1, -0.05) is 6.07 Å². The van der Waals surface area contributed by atoms with Gasteiger partial charge in [0.1, 0.15) is 0 Å². The quantitative estimate of drug-likeness (QED) is 0.850. The molecule has 1 aliphatic rings. The molecule has 0 unspecified atom stereocenters. The number of hydrogen-bond acceptors (Lipinski definition) is 3.